The lowest BCUT2D eigenvalue weighted by Crippen LogP contribution is -2.49. The molecule has 9 nitrogen and oxygen atoms in total. The fourth-order valence-corrected chi connectivity index (χ4v) is 4.70. The Bertz CT molecular complexity index is 947. The second-order valence-corrected chi connectivity index (χ2v) is 9.13. The lowest BCUT2D eigenvalue weighted by Gasteiger charge is -2.33. The predicted octanol–water partition coefficient (Wildman–Crippen LogP) is 0.952. The van der Waals surface area contributed by atoms with Crippen molar-refractivity contribution in [3.8, 4) is 0 Å². The predicted molar refractivity (Wildman–Crippen MR) is 100 cm³/mol. The first-order valence-electron chi connectivity index (χ1n) is 8.24. The van der Waals surface area contributed by atoms with Gasteiger partial charge in [0, 0.05) is 38.7 Å². The third-order valence-electron chi connectivity index (χ3n) is 4.18. The third-order valence-corrected chi connectivity index (χ3v) is 6.85. The average molecular weight is 409 g/mol. The Morgan fingerprint density at radius 1 is 1.07 bits per heavy atom. The van der Waals surface area contributed by atoms with Gasteiger partial charge in [-0.25, -0.2) is 8.42 Å². The van der Waals surface area contributed by atoms with Gasteiger partial charge in [-0.2, -0.15) is 4.31 Å². The monoisotopic (exact) mass is 409 g/mol. The topological polar surface area (TPSA) is 113 Å². The molecule has 1 saturated heterocycles. The summed E-state index contributed by atoms with van der Waals surface area (Å²) in [6.45, 7) is 4.49. The van der Waals surface area contributed by atoms with Crippen LogP contribution in [0.15, 0.2) is 29.2 Å². The Balaban J connectivity index is 1.69. The van der Waals surface area contributed by atoms with Gasteiger partial charge < -0.3 is 4.90 Å². The molecule has 1 aliphatic rings. The first kappa shape index (κ1) is 19.4. The number of nitrogens with zero attached hydrogens (tertiary/aromatic N) is 4. The number of anilines is 1. The van der Waals surface area contributed by atoms with Gasteiger partial charge in [0.05, 0.1) is 4.90 Å². The summed E-state index contributed by atoms with van der Waals surface area (Å²) >= 11 is 1.25. The SMILES string of the molecule is CC(=O)N1CCN(S(=O)(=O)c2ccc(C(=O)Nc3nnc(C)s3)cc2)CC1. The summed E-state index contributed by atoms with van der Waals surface area (Å²) in [5, 5.41) is 11.4. The molecule has 1 aromatic carbocycles. The summed E-state index contributed by atoms with van der Waals surface area (Å²) in [6, 6.07) is 5.74. The standard InChI is InChI=1S/C16H19N5O4S2/c1-11-18-19-16(26-11)17-15(23)13-3-5-14(6-4-13)27(24,25)21-9-7-20(8-10-21)12(2)22/h3-6H,7-10H2,1-2H3,(H,17,19,23). The molecule has 0 radical (unpaired) electrons. The summed E-state index contributed by atoms with van der Waals surface area (Å²) in [5.41, 5.74) is 0.322. The van der Waals surface area contributed by atoms with Crippen LogP contribution >= 0.6 is 11.3 Å². The summed E-state index contributed by atoms with van der Waals surface area (Å²) in [7, 11) is -3.67. The minimum atomic E-state index is -3.67. The van der Waals surface area contributed by atoms with Crippen molar-refractivity contribution < 1.29 is 18.0 Å². The number of carbonyl (C=O) groups excluding carboxylic acids is 2. The Hall–Kier alpha value is -2.37. The number of sulfonamides is 1. The van der Waals surface area contributed by atoms with E-state index in [1.807, 2.05) is 0 Å². The van der Waals surface area contributed by atoms with E-state index in [4.69, 9.17) is 0 Å². The number of carbonyl (C=O) groups is 2. The van der Waals surface area contributed by atoms with Crippen molar-refractivity contribution in [2.24, 2.45) is 0 Å². The van der Waals surface area contributed by atoms with Crippen molar-refractivity contribution in [1.82, 2.24) is 19.4 Å². The van der Waals surface area contributed by atoms with Gasteiger partial charge in [0.15, 0.2) is 0 Å². The van der Waals surface area contributed by atoms with Gasteiger partial charge in [-0.15, -0.1) is 10.2 Å². The maximum atomic E-state index is 12.7. The molecule has 0 atom stereocenters. The zero-order valence-corrected chi connectivity index (χ0v) is 16.5. The quantitative estimate of drug-likeness (QED) is 0.805. The fraction of sp³-hybridized carbons (Fsp3) is 0.375. The van der Waals surface area contributed by atoms with E-state index in [0.717, 1.165) is 5.01 Å². The molecule has 0 aliphatic carbocycles. The van der Waals surface area contributed by atoms with E-state index in [2.05, 4.69) is 15.5 Å². The molecule has 2 aromatic rings. The van der Waals surface area contributed by atoms with Crippen LogP contribution in [0.25, 0.3) is 0 Å². The molecular formula is C16H19N5O4S2. The first-order chi connectivity index (χ1) is 12.8. The zero-order valence-electron chi connectivity index (χ0n) is 14.9. The van der Waals surface area contributed by atoms with Crippen molar-refractivity contribution in [3.63, 3.8) is 0 Å². The lowest BCUT2D eigenvalue weighted by atomic mass is 10.2. The molecule has 0 spiro atoms. The van der Waals surface area contributed by atoms with E-state index < -0.39 is 10.0 Å². The largest absolute Gasteiger partial charge is 0.340 e. The molecule has 1 aliphatic heterocycles. The van der Waals surface area contributed by atoms with Gasteiger partial charge in [-0.1, -0.05) is 11.3 Å². The highest BCUT2D eigenvalue weighted by Crippen LogP contribution is 2.20. The minimum Gasteiger partial charge on any atom is -0.340 e. The summed E-state index contributed by atoms with van der Waals surface area (Å²) in [5.74, 6) is -0.446. The highest BCUT2D eigenvalue weighted by atomic mass is 32.2. The Morgan fingerprint density at radius 3 is 2.22 bits per heavy atom. The van der Waals surface area contributed by atoms with E-state index >= 15 is 0 Å². The van der Waals surface area contributed by atoms with Crippen molar-refractivity contribution in [2.45, 2.75) is 18.7 Å². The van der Waals surface area contributed by atoms with Crippen LogP contribution < -0.4 is 5.32 Å². The van der Waals surface area contributed by atoms with Crippen LogP contribution in [0.1, 0.15) is 22.3 Å². The highest BCUT2D eigenvalue weighted by Gasteiger charge is 2.29. The zero-order chi connectivity index (χ0) is 19.6. The van der Waals surface area contributed by atoms with Crippen LogP contribution in [0.2, 0.25) is 0 Å². The number of rotatable bonds is 4. The van der Waals surface area contributed by atoms with Crippen molar-refractivity contribution in [2.75, 3.05) is 31.5 Å². The van der Waals surface area contributed by atoms with E-state index in [-0.39, 0.29) is 29.8 Å². The maximum Gasteiger partial charge on any atom is 0.257 e. The minimum absolute atomic E-state index is 0.0620. The molecule has 11 heteroatoms. The molecule has 144 valence electrons. The van der Waals surface area contributed by atoms with Gasteiger partial charge in [-0.05, 0) is 31.2 Å². The smallest absolute Gasteiger partial charge is 0.257 e. The Labute approximate surface area is 161 Å². The molecule has 3 rings (SSSR count). The summed E-state index contributed by atoms with van der Waals surface area (Å²) in [6.07, 6.45) is 0. The molecule has 1 N–H and O–H groups in total. The number of aryl methyl sites for hydroxylation is 1. The van der Waals surface area contributed by atoms with E-state index in [1.54, 1.807) is 11.8 Å². The number of amides is 2. The summed E-state index contributed by atoms with van der Waals surface area (Å²) in [4.78, 5) is 25.3. The average Bonchev–Trinajstić information content (AvgIpc) is 3.06. The van der Waals surface area contributed by atoms with Gasteiger partial charge in [0.1, 0.15) is 5.01 Å². The van der Waals surface area contributed by atoms with E-state index in [0.29, 0.717) is 23.8 Å². The third kappa shape index (κ3) is 4.31. The first-order valence-corrected chi connectivity index (χ1v) is 10.5. The van der Waals surface area contributed by atoms with Crippen molar-refractivity contribution >= 4 is 38.3 Å². The fourth-order valence-electron chi connectivity index (χ4n) is 2.69. The van der Waals surface area contributed by atoms with Crippen LogP contribution in [0.3, 0.4) is 0 Å². The van der Waals surface area contributed by atoms with Gasteiger partial charge in [0.25, 0.3) is 5.91 Å². The molecule has 1 aromatic heterocycles. The van der Waals surface area contributed by atoms with Crippen LogP contribution in [0, 0.1) is 6.92 Å². The van der Waals surface area contributed by atoms with Crippen LogP contribution in [-0.2, 0) is 14.8 Å². The Kier molecular flexibility index (Phi) is 5.53. The van der Waals surface area contributed by atoms with Gasteiger partial charge in [-0.3, -0.25) is 14.9 Å². The Morgan fingerprint density at radius 2 is 1.70 bits per heavy atom. The van der Waals surface area contributed by atoms with E-state index in [1.165, 1.54) is 46.8 Å². The number of hydrogen-bond donors (Lipinski definition) is 1. The number of hydrogen-bond acceptors (Lipinski definition) is 7. The molecule has 0 saturated carbocycles. The van der Waals surface area contributed by atoms with Gasteiger partial charge in [0.2, 0.25) is 21.1 Å². The highest BCUT2D eigenvalue weighted by molar-refractivity contribution is 7.89. The molecular weight excluding hydrogens is 390 g/mol. The number of benzene rings is 1. The molecule has 0 unspecified atom stereocenters. The molecule has 27 heavy (non-hydrogen) atoms. The lowest BCUT2D eigenvalue weighted by molar-refractivity contribution is -0.129. The van der Waals surface area contributed by atoms with E-state index in [9.17, 15) is 18.0 Å². The van der Waals surface area contributed by atoms with Crippen LogP contribution in [0.5, 0.6) is 0 Å². The van der Waals surface area contributed by atoms with Crippen LogP contribution in [0.4, 0.5) is 5.13 Å². The molecule has 2 amide bonds. The molecule has 0 bridgehead atoms. The number of aromatic nitrogens is 2. The number of piperazine rings is 1. The van der Waals surface area contributed by atoms with Crippen LogP contribution in [-0.4, -0.2) is 65.8 Å². The summed E-state index contributed by atoms with van der Waals surface area (Å²) < 4.78 is 26.8. The maximum absolute atomic E-state index is 12.7. The second kappa shape index (κ2) is 7.71. The molecule has 1 fully saturated rings. The molecule has 2 heterocycles. The van der Waals surface area contributed by atoms with Gasteiger partial charge >= 0.3 is 0 Å². The van der Waals surface area contributed by atoms with Crippen molar-refractivity contribution in [3.05, 3.63) is 34.8 Å². The second-order valence-electron chi connectivity index (χ2n) is 6.01. The normalized spacial score (nSPS) is 15.6. The van der Waals surface area contributed by atoms with Crippen molar-refractivity contribution in [1.29, 1.82) is 0 Å². The number of nitrogens with one attached hydrogen (secondary N) is 1.